The van der Waals surface area contributed by atoms with Crippen LogP contribution in [0.1, 0.15) is 40.5 Å². The van der Waals surface area contributed by atoms with Crippen molar-refractivity contribution in [3.8, 4) is 0 Å². The van der Waals surface area contributed by atoms with E-state index in [0.29, 0.717) is 4.52 Å². The first-order valence-corrected chi connectivity index (χ1v) is 8.26. The van der Waals surface area contributed by atoms with Crippen molar-refractivity contribution in [1.29, 1.82) is 0 Å². The first-order chi connectivity index (χ1) is 13.2. The van der Waals surface area contributed by atoms with Crippen molar-refractivity contribution in [3.63, 3.8) is 0 Å². The molecule has 2 aromatic heterocycles. The van der Waals surface area contributed by atoms with Crippen LogP contribution in [0.25, 0.3) is 5.65 Å². The molecule has 1 aromatic carbocycles. The molecule has 1 aliphatic carbocycles. The average molecular weight is 391 g/mol. The number of carbonyl (C=O) groups excluding carboxylic acids is 1. The number of hydrogen-bond donors (Lipinski definition) is 1. The van der Waals surface area contributed by atoms with E-state index in [1.54, 1.807) is 0 Å². The van der Waals surface area contributed by atoms with Crippen LogP contribution in [0, 0.1) is 10.1 Å². The van der Waals surface area contributed by atoms with Gasteiger partial charge in [-0.2, -0.15) is 18.3 Å². The smallest absolute Gasteiger partial charge is 0.322 e. The first-order valence-electron chi connectivity index (χ1n) is 8.26. The molecule has 0 saturated heterocycles. The summed E-state index contributed by atoms with van der Waals surface area (Å²) in [6.07, 6.45) is -2.13. The second kappa shape index (κ2) is 6.29. The lowest BCUT2D eigenvalue weighted by molar-refractivity contribution is -0.384. The van der Waals surface area contributed by atoms with Gasteiger partial charge in [-0.15, -0.1) is 0 Å². The zero-order chi connectivity index (χ0) is 20.1. The van der Waals surface area contributed by atoms with E-state index in [4.69, 9.17) is 0 Å². The van der Waals surface area contributed by atoms with Gasteiger partial charge in [0.15, 0.2) is 5.65 Å². The normalized spacial score (nSPS) is 14.2. The minimum atomic E-state index is -4.65. The highest BCUT2D eigenvalue weighted by molar-refractivity contribution is 6.08. The molecule has 1 aliphatic rings. The largest absolute Gasteiger partial charge is 0.433 e. The summed E-state index contributed by atoms with van der Waals surface area (Å²) in [4.78, 5) is 26.9. The second-order valence-electron chi connectivity index (χ2n) is 6.39. The summed E-state index contributed by atoms with van der Waals surface area (Å²) in [7, 11) is 0. The summed E-state index contributed by atoms with van der Waals surface area (Å²) in [6, 6.07) is 6.03. The summed E-state index contributed by atoms with van der Waals surface area (Å²) >= 11 is 0. The number of carbonyl (C=O) groups is 1. The van der Waals surface area contributed by atoms with Crippen molar-refractivity contribution in [2.75, 3.05) is 5.32 Å². The SMILES string of the molecule is O=C(Nc1ccc([N+](=O)[O-])cc1)c1cnn2c(C(F)(F)F)cc(C3CC3)nc12. The third-order valence-corrected chi connectivity index (χ3v) is 4.36. The third-order valence-electron chi connectivity index (χ3n) is 4.36. The maximum Gasteiger partial charge on any atom is 0.433 e. The Labute approximate surface area is 155 Å². The molecule has 8 nitrogen and oxygen atoms in total. The summed E-state index contributed by atoms with van der Waals surface area (Å²) in [5.41, 5.74) is -0.912. The van der Waals surface area contributed by atoms with Gasteiger partial charge in [0.25, 0.3) is 11.6 Å². The predicted octanol–water partition coefficient (Wildman–Crippen LogP) is 3.79. The number of alkyl halides is 3. The number of benzene rings is 1. The van der Waals surface area contributed by atoms with Crippen LogP contribution >= 0.6 is 0 Å². The van der Waals surface area contributed by atoms with Gasteiger partial charge in [0, 0.05) is 29.4 Å². The molecule has 0 spiro atoms. The van der Waals surface area contributed by atoms with E-state index in [-0.39, 0.29) is 34.2 Å². The highest BCUT2D eigenvalue weighted by atomic mass is 19.4. The maximum absolute atomic E-state index is 13.4. The molecule has 4 rings (SSSR count). The number of halogens is 3. The van der Waals surface area contributed by atoms with Crippen molar-refractivity contribution in [2.24, 2.45) is 0 Å². The predicted molar refractivity (Wildman–Crippen MR) is 91.0 cm³/mol. The number of nitrogens with one attached hydrogen (secondary N) is 1. The Morgan fingerprint density at radius 1 is 1.25 bits per heavy atom. The zero-order valence-electron chi connectivity index (χ0n) is 14.1. The Morgan fingerprint density at radius 3 is 2.50 bits per heavy atom. The minimum absolute atomic E-state index is 0.0495. The van der Waals surface area contributed by atoms with Crippen molar-refractivity contribution in [3.05, 3.63) is 63.6 Å². The highest BCUT2D eigenvalue weighted by Crippen LogP contribution is 2.41. The van der Waals surface area contributed by atoms with E-state index in [0.717, 1.165) is 25.1 Å². The summed E-state index contributed by atoms with van der Waals surface area (Å²) in [5.74, 6) is -0.760. The Kier molecular flexibility index (Phi) is 4.02. The summed E-state index contributed by atoms with van der Waals surface area (Å²) in [5, 5.41) is 16.9. The van der Waals surface area contributed by atoms with Gasteiger partial charge in [-0.3, -0.25) is 14.9 Å². The van der Waals surface area contributed by atoms with E-state index in [1.807, 2.05) is 0 Å². The standard InChI is InChI=1S/C17H12F3N5O3/c18-17(19,20)14-7-13(9-1-2-9)23-15-12(8-21-24(14)15)16(26)22-10-3-5-11(6-4-10)25(27)28/h3-9H,1-2H2,(H,22,26). The van der Waals surface area contributed by atoms with Gasteiger partial charge >= 0.3 is 6.18 Å². The average Bonchev–Trinajstić information content (AvgIpc) is 3.39. The third kappa shape index (κ3) is 3.26. The van der Waals surface area contributed by atoms with Crippen LogP contribution < -0.4 is 5.32 Å². The number of anilines is 1. The molecule has 1 fully saturated rings. The molecule has 1 saturated carbocycles. The molecule has 11 heteroatoms. The number of rotatable bonds is 4. The van der Waals surface area contributed by atoms with Gasteiger partial charge in [-0.1, -0.05) is 0 Å². The van der Waals surface area contributed by atoms with Gasteiger partial charge in [-0.05, 0) is 31.0 Å². The molecule has 0 unspecified atom stereocenters. The van der Waals surface area contributed by atoms with Crippen molar-refractivity contribution in [2.45, 2.75) is 24.9 Å². The molecule has 1 amide bonds. The lowest BCUT2D eigenvalue weighted by Crippen LogP contribution is -2.16. The molecule has 3 aromatic rings. The monoisotopic (exact) mass is 391 g/mol. The van der Waals surface area contributed by atoms with E-state index in [2.05, 4.69) is 15.4 Å². The fraction of sp³-hybridized carbons (Fsp3) is 0.235. The number of fused-ring (bicyclic) bond motifs is 1. The van der Waals surface area contributed by atoms with Gasteiger partial charge in [-0.25, -0.2) is 9.50 Å². The quantitative estimate of drug-likeness (QED) is 0.539. The highest BCUT2D eigenvalue weighted by Gasteiger charge is 2.38. The zero-order valence-corrected chi connectivity index (χ0v) is 14.1. The van der Waals surface area contributed by atoms with Gasteiger partial charge in [0.05, 0.1) is 11.1 Å². The fourth-order valence-corrected chi connectivity index (χ4v) is 2.80. The van der Waals surface area contributed by atoms with E-state index < -0.39 is 22.7 Å². The topological polar surface area (TPSA) is 102 Å². The molecular formula is C17H12F3N5O3. The number of amides is 1. The van der Waals surface area contributed by atoms with Crippen molar-refractivity contribution >= 4 is 22.9 Å². The van der Waals surface area contributed by atoms with E-state index in [9.17, 15) is 28.1 Å². The van der Waals surface area contributed by atoms with Crippen LogP contribution in [-0.4, -0.2) is 25.4 Å². The molecular weight excluding hydrogens is 379 g/mol. The number of nitrogens with zero attached hydrogens (tertiary/aromatic N) is 4. The summed E-state index contributed by atoms with van der Waals surface area (Å²) in [6.45, 7) is 0. The second-order valence-corrected chi connectivity index (χ2v) is 6.39. The molecule has 144 valence electrons. The lowest BCUT2D eigenvalue weighted by Gasteiger charge is -2.11. The van der Waals surface area contributed by atoms with Gasteiger partial charge < -0.3 is 5.32 Å². The number of non-ortho nitro benzene ring substituents is 1. The van der Waals surface area contributed by atoms with Crippen LogP contribution in [0.15, 0.2) is 36.5 Å². The van der Waals surface area contributed by atoms with Gasteiger partial charge in [0.1, 0.15) is 11.3 Å². The van der Waals surface area contributed by atoms with Crippen molar-refractivity contribution in [1.82, 2.24) is 14.6 Å². The number of nitro benzene ring substituents is 1. The first kappa shape index (κ1) is 17.9. The Balaban J connectivity index is 1.71. The maximum atomic E-state index is 13.4. The van der Waals surface area contributed by atoms with Gasteiger partial charge in [0.2, 0.25) is 0 Å². The van der Waals surface area contributed by atoms with E-state index >= 15 is 0 Å². The molecule has 0 bridgehead atoms. The fourth-order valence-electron chi connectivity index (χ4n) is 2.80. The molecule has 1 N–H and O–H groups in total. The van der Waals surface area contributed by atoms with Crippen LogP contribution in [0.5, 0.6) is 0 Å². The van der Waals surface area contributed by atoms with Crippen LogP contribution in [0.4, 0.5) is 24.5 Å². The van der Waals surface area contributed by atoms with E-state index in [1.165, 1.54) is 24.3 Å². The van der Waals surface area contributed by atoms with Crippen LogP contribution in [-0.2, 0) is 6.18 Å². The minimum Gasteiger partial charge on any atom is -0.322 e. The van der Waals surface area contributed by atoms with Crippen molar-refractivity contribution < 1.29 is 22.9 Å². The Hall–Kier alpha value is -3.50. The molecule has 0 aliphatic heterocycles. The van der Waals surface area contributed by atoms with Crippen LogP contribution in [0.2, 0.25) is 0 Å². The Bertz CT molecular complexity index is 1090. The summed E-state index contributed by atoms with van der Waals surface area (Å²) < 4.78 is 40.8. The number of nitro groups is 1. The lowest BCUT2D eigenvalue weighted by atomic mass is 10.2. The number of aromatic nitrogens is 3. The Morgan fingerprint density at radius 2 is 1.93 bits per heavy atom. The number of hydrogen-bond acceptors (Lipinski definition) is 5. The molecule has 28 heavy (non-hydrogen) atoms. The molecule has 0 radical (unpaired) electrons. The molecule has 2 heterocycles. The van der Waals surface area contributed by atoms with Crippen LogP contribution in [0.3, 0.4) is 0 Å². The molecule has 0 atom stereocenters.